The molecule has 0 unspecified atom stereocenters. The van der Waals surface area contributed by atoms with Gasteiger partial charge in [-0.2, -0.15) is 0 Å². The molecule has 152 valence electrons. The van der Waals surface area contributed by atoms with E-state index in [0.29, 0.717) is 17.9 Å². The van der Waals surface area contributed by atoms with Crippen LogP contribution in [0, 0.1) is 6.92 Å². The van der Waals surface area contributed by atoms with E-state index in [1.165, 1.54) is 0 Å². The molecule has 0 radical (unpaired) electrons. The summed E-state index contributed by atoms with van der Waals surface area (Å²) in [5, 5.41) is 5.38. The molecule has 1 N–H and O–H groups in total. The van der Waals surface area contributed by atoms with Crippen LogP contribution >= 0.6 is 0 Å². The molecular formula is C24H23N3O3. The number of aromatic nitrogens is 1. The van der Waals surface area contributed by atoms with Crippen LogP contribution in [0.15, 0.2) is 63.8 Å². The number of rotatable bonds is 4. The van der Waals surface area contributed by atoms with Gasteiger partial charge in [-0.3, -0.25) is 0 Å². The molecule has 0 spiro atoms. The lowest BCUT2D eigenvalue weighted by molar-refractivity contribution is 0.299. The van der Waals surface area contributed by atoms with Crippen LogP contribution in [0.2, 0.25) is 0 Å². The fourth-order valence-corrected chi connectivity index (χ4v) is 3.99. The van der Waals surface area contributed by atoms with E-state index in [-0.39, 0.29) is 5.63 Å². The lowest BCUT2D eigenvalue weighted by atomic mass is 10.1. The van der Waals surface area contributed by atoms with Crippen molar-refractivity contribution in [3.05, 3.63) is 76.3 Å². The molecule has 0 aliphatic carbocycles. The van der Waals surface area contributed by atoms with Gasteiger partial charge in [0, 0.05) is 48.6 Å². The summed E-state index contributed by atoms with van der Waals surface area (Å²) in [5.41, 5.74) is 3.79. The zero-order valence-corrected chi connectivity index (χ0v) is 16.9. The van der Waals surface area contributed by atoms with Gasteiger partial charge in [-0.1, -0.05) is 24.3 Å². The monoisotopic (exact) mass is 401 g/mol. The summed E-state index contributed by atoms with van der Waals surface area (Å²) in [4.78, 5) is 19.1. The third-order valence-electron chi connectivity index (χ3n) is 5.58. The molecule has 5 rings (SSSR count). The summed E-state index contributed by atoms with van der Waals surface area (Å²) in [6.45, 7) is 5.81. The van der Waals surface area contributed by atoms with Crippen molar-refractivity contribution in [2.75, 3.05) is 31.1 Å². The Morgan fingerprint density at radius 3 is 2.80 bits per heavy atom. The smallest absolute Gasteiger partial charge is 0.338 e. The maximum atomic E-state index is 12.3. The van der Waals surface area contributed by atoms with Crippen molar-refractivity contribution >= 4 is 27.6 Å². The molecule has 2 aromatic heterocycles. The number of aryl methyl sites for hydroxylation is 1. The first-order valence-electron chi connectivity index (χ1n) is 10.2. The summed E-state index contributed by atoms with van der Waals surface area (Å²) in [6, 6.07) is 17.6. The second kappa shape index (κ2) is 7.80. The van der Waals surface area contributed by atoms with Crippen LogP contribution in [0.3, 0.4) is 0 Å². The third kappa shape index (κ3) is 3.50. The van der Waals surface area contributed by atoms with Gasteiger partial charge in [-0.25, -0.2) is 9.78 Å². The molecular weight excluding hydrogens is 378 g/mol. The summed E-state index contributed by atoms with van der Waals surface area (Å²) >= 11 is 0. The fraction of sp³-hybridized carbons (Fsp3) is 0.250. The minimum atomic E-state index is -0.340. The van der Waals surface area contributed by atoms with Crippen LogP contribution in [0.5, 0.6) is 5.75 Å². The molecule has 0 atom stereocenters. The molecule has 6 nitrogen and oxygen atoms in total. The fourth-order valence-electron chi connectivity index (χ4n) is 3.99. The van der Waals surface area contributed by atoms with E-state index in [0.717, 1.165) is 59.4 Å². The molecule has 0 amide bonds. The number of ether oxygens (including phenoxy) is 1. The van der Waals surface area contributed by atoms with Crippen molar-refractivity contribution in [3.63, 3.8) is 0 Å². The Labute approximate surface area is 174 Å². The molecule has 1 fully saturated rings. The summed E-state index contributed by atoms with van der Waals surface area (Å²) in [6.07, 6.45) is 0. The van der Waals surface area contributed by atoms with Gasteiger partial charge < -0.3 is 19.4 Å². The maximum Gasteiger partial charge on any atom is 0.338 e. The summed E-state index contributed by atoms with van der Waals surface area (Å²) < 4.78 is 11.6. The van der Waals surface area contributed by atoms with E-state index >= 15 is 0 Å². The number of fused-ring (bicyclic) bond motifs is 2. The molecule has 0 bridgehead atoms. The first-order valence-corrected chi connectivity index (χ1v) is 10.2. The topological polar surface area (TPSA) is 67.6 Å². The highest BCUT2D eigenvalue weighted by Crippen LogP contribution is 2.32. The number of hydrogen-bond acceptors (Lipinski definition) is 6. The van der Waals surface area contributed by atoms with E-state index in [1.807, 2.05) is 55.5 Å². The highest BCUT2D eigenvalue weighted by molar-refractivity contribution is 5.93. The molecule has 1 aliphatic heterocycles. The Bertz CT molecular complexity index is 1280. The number of benzene rings is 2. The number of nitrogens with one attached hydrogen (secondary N) is 1. The molecule has 2 aromatic carbocycles. The van der Waals surface area contributed by atoms with Crippen LogP contribution in [0.25, 0.3) is 21.9 Å². The van der Waals surface area contributed by atoms with Crippen LogP contribution in [0.1, 0.15) is 11.3 Å². The number of para-hydroxylation sites is 1. The Kier molecular flexibility index (Phi) is 4.85. The van der Waals surface area contributed by atoms with Crippen molar-refractivity contribution < 1.29 is 9.15 Å². The largest absolute Gasteiger partial charge is 0.487 e. The second-order valence-corrected chi connectivity index (χ2v) is 7.54. The van der Waals surface area contributed by atoms with E-state index in [1.54, 1.807) is 6.07 Å². The Morgan fingerprint density at radius 1 is 1.10 bits per heavy atom. The minimum absolute atomic E-state index is 0.340. The van der Waals surface area contributed by atoms with Crippen molar-refractivity contribution in [1.82, 2.24) is 10.3 Å². The summed E-state index contributed by atoms with van der Waals surface area (Å²) in [5.74, 6) is 0.693. The van der Waals surface area contributed by atoms with Crippen LogP contribution in [-0.4, -0.2) is 31.2 Å². The zero-order valence-electron chi connectivity index (χ0n) is 16.9. The molecule has 30 heavy (non-hydrogen) atoms. The molecule has 6 heteroatoms. The van der Waals surface area contributed by atoms with Crippen molar-refractivity contribution in [3.8, 4) is 5.75 Å². The van der Waals surface area contributed by atoms with E-state index in [4.69, 9.17) is 9.15 Å². The first-order chi connectivity index (χ1) is 14.7. The minimum Gasteiger partial charge on any atom is -0.487 e. The predicted octanol–water partition coefficient (Wildman–Crippen LogP) is 3.64. The van der Waals surface area contributed by atoms with Crippen molar-refractivity contribution in [2.45, 2.75) is 13.5 Å². The van der Waals surface area contributed by atoms with Crippen LogP contribution < -0.4 is 20.6 Å². The Hall–Kier alpha value is -3.38. The van der Waals surface area contributed by atoms with E-state index in [2.05, 4.69) is 15.2 Å². The first kappa shape index (κ1) is 18.6. The number of anilines is 1. The zero-order chi connectivity index (χ0) is 20.5. The van der Waals surface area contributed by atoms with Gasteiger partial charge in [0.05, 0.1) is 16.9 Å². The SMILES string of the molecule is Cc1c(OCc2ccc3ccccc3n2)ccc2c(N3CCNCC3)cc(=O)oc12. The van der Waals surface area contributed by atoms with Crippen molar-refractivity contribution in [1.29, 1.82) is 0 Å². The number of pyridine rings is 1. The normalized spacial score (nSPS) is 14.4. The number of hydrogen-bond donors (Lipinski definition) is 1. The average molecular weight is 401 g/mol. The van der Waals surface area contributed by atoms with Gasteiger partial charge in [0.1, 0.15) is 17.9 Å². The van der Waals surface area contributed by atoms with Gasteiger partial charge >= 0.3 is 5.63 Å². The summed E-state index contributed by atoms with van der Waals surface area (Å²) in [7, 11) is 0. The lowest BCUT2D eigenvalue weighted by Crippen LogP contribution is -2.43. The van der Waals surface area contributed by atoms with Gasteiger partial charge in [0.15, 0.2) is 0 Å². The third-order valence-corrected chi connectivity index (χ3v) is 5.58. The number of nitrogens with zero attached hydrogens (tertiary/aromatic N) is 2. The van der Waals surface area contributed by atoms with E-state index < -0.39 is 0 Å². The van der Waals surface area contributed by atoms with Gasteiger partial charge in [-0.05, 0) is 31.2 Å². The van der Waals surface area contributed by atoms with Crippen molar-refractivity contribution in [2.24, 2.45) is 0 Å². The Balaban J connectivity index is 1.46. The van der Waals surface area contributed by atoms with Crippen LogP contribution in [0.4, 0.5) is 5.69 Å². The standard InChI is InChI=1S/C24H23N3O3/c1-16-22(29-15-18-7-6-17-4-2-3-5-20(17)26-18)9-8-19-21(14-23(28)30-24(16)19)27-12-10-25-11-13-27/h2-9,14,25H,10-13,15H2,1H3. The average Bonchev–Trinajstić information content (AvgIpc) is 2.79. The Morgan fingerprint density at radius 2 is 1.93 bits per heavy atom. The molecule has 4 aromatic rings. The van der Waals surface area contributed by atoms with Crippen LogP contribution in [-0.2, 0) is 6.61 Å². The second-order valence-electron chi connectivity index (χ2n) is 7.54. The highest BCUT2D eigenvalue weighted by atomic mass is 16.5. The molecule has 1 aliphatic rings. The number of piperazine rings is 1. The van der Waals surface area contributed by atoms with Gasteiger partial charge in [0.2, 0.25) is 0 Å². The van der Waals surface area contributed by atoms with Gasteiger partial charge in [-0.15, -0.1) is 0 Å². The van der Waals surface area contributed by atoms with Gasteiger partial charge in [0.25, 0.3) is 0 Å². The lowest BCUT2D eigenvalue weighted by Gasteiger charge is -2.30. The molecule has 0 saturated carbocycles. The molecule has 1 saturated heterocycles. The van der Waals surface area contributed by atoms with E-state index in [9.17, 15) is 4.79 Å². The quantitative estimate of drug-likeness (QED) is 0.527. The maximum absolute atomic E-state index is 12.3. The predicted molar refractivity (Wildman–Crippen MR) is 118 cm³/mol. The molecule has 3 heterocycles. The highest BCUT2D eigenvalue weighted by Gasteiger charge is 2.18.